The lowest BCUT2D eigenvalue weighted by Gasteiger charge is -2.06. The van der Waals surface area contributed by atoms with E-state index in [-0.39, 0.29) is 5.57 Å². The van der Waals surface area contributed by atoms with Gasteiger partial charge in [-0.05, 0) is 12.8 Å². The largest absolute Gasteiger partial charge is 0.360 e. The third kappa shape index (κ3) is 1.33. The Morgan fingerprint density at radius 3 is 2.85 bits per heavy atom. The molecule has 0 atom stereocenters. The second-order valence-corrected chi connectivity index (χ2v) is 2.70. The summed E-state index contributed by atoms with van der Waals surface area (Å²) in [5.74, 6) is -1.14. The minimum Gasteiger partial charge on any atom is -0.331 e. The van der Waals surface area contributed by atoms with E-state index >= 15 is 0 Å². The van der Waals surface area contributed by atoms with Crippen molar-refractivity contribution in [3.63, 3.8) is 0 Å². The molecule has 2 aliphatic rings. The topological polar surface area (TPSA) is 64.6 Å². The summed E-state index contributed by atoms with van der Waals surface area (Å²) < 4.78 is 0. The third-order valence-electron chi connectivity index (χ3n) is 1.91. The quantitative estimate of drug-likeness (QED) is 0.576. The van der Waals surface area contributed by atoms with Crippen LogP contribution in [0.2, 0.25) is 0 Å². The zero-order valence-corrected chi connectivity index (χ0v) is 6.70. The number of carbonyl (C=O) groups is 2. The van der Waals surface area contributed by atoms with Gasteiger partial charge < -0.3 is 9.68 Å². The second-order valence-electron chi connectivity index (χ2n) is 2.70. The van der Waals surface area contributed by atoms with Gasteiger partial charge in [0.15, 0.2) is 0 Å². The van der Waals surface area contributed by atoms with Crippen molar-refractivity contribution < 1.29 is 19.3 Å². The van der Waals surface area contributed by atoms with Crippen LogP contribution in [0.5, 0.6) is 0 Å². The van der Waals surface area contributed by atoms with Crippen LogP contribution in [-0.4, -0.2) is 11.9 Å². The minimum atomic E-state index is -0.586. The lowest BCUT2D eigenvalue weighted by molar-refractivity contribution is -0.189. The van der Waals surface area contributed by atoms with Crippen molar-refractivity contribution in [1.29, 1.82) is 0 Å². The molecule has 5 heteroatoms. The highest BCUT2D eigenvalue weighted by Crippen LogP contribution is 2.22. The number of rotatable bonds is 0. The van der Waals surface area contributed by atoms with Gasteiger partial charge in [0.2, 0.25) is 0 Å². The van der Waals surface area contributed by atoms with Crippen LogP contribution in [0, 0.1) is 0 Å². The van der Waals surface area contributed by atoms with E-state index in [4.69, 9.17) is 0 Å². The first-order chi connectivity index (χ1) is 6.29. The van der Waals surface area contributed by atoms with Crippen LogP contribution < -0.4 is 5.64 Å². The van der Waals surface area contributed by atoms with Crippen molar-refractivity contribution >= 4 is 11.9 Å². The van der Waals surface area contributed by atoms with Crippen molar-refractivity contribution in [2.45, 2.75) is 12.8 Å². The van der Waals surface area contributed by atoms with Crippen LogP contribution in [0.15, 0.2) is 23.3 Å². The van der Waals surface area contributed by atoms with Crippen LogP contribution in [0.25, 0.3) is 0 Å². The van der Waals surface area contributed by atoms with Crippen LogP contribution >= 0.6 is 0 Å². The van der Waals surface area contributed by atoms with Gasteiger partial charge >= 0.3 is 11.9 Å². The van der Waals surface area contributed by atoms with E-state index in [1.165, 1.54) is 0 Å². The normalized spacial score (nSPS) is 21.8. The van der Waals surface area contributed by atoms with Gasteiger partial charge in [0, 0.05) is 5.64 Å². The first kappa shape index (κ1) is 8.00. The Morgan fingerprint density at radius 2 is 2.00 bits per heavy atom. The predicted molar refractivity (Wildman–Crippen MR) is 40.7 cm³/mol. The molecule has 1 N–H and O–H groups in total. The molecule has 0 aromatic carbocycles. The maximum atomic E-state index is 11.2. The summed E-state index contributed by atoms with van der Waals surface area (Å²) >= 11 is 0. The molecule has 0 amide bonds. The summed E-state index contributed by atoms with van der Waals surface area (Å²) in [7, 11) is 0. The zero-order chi connectivity index (χ0) is 9.26. The van der Waals surface area contributed by atoms with Crippen LogP contribution in [0.1, 0.15) is 12.8 Å². The molecule has 0 spiro atoms. The smallest absolute Gasteiger partial charge is 0.331 e. The zero-order valence-electron chi connectivity index (χ0n) is 6.70. The molecule has 1 heterocycles. The fourth-order valence-corrected chi connectivity index (χ4v) is 1.28. The third-order valence-corrected chi connectivity index (χ3v) is 1.91. The summed E-state index contributed by atoms with van der Waals surface area (Å²) in [6.07, 6.45) is 4.65. The molecule has 5 nitrogen and oxygen atoms in total. The van der Waals surface area contributed by atoms with Gasteiger partial charge in [0.05, 0.1) is 11.1 Å². The Hall–Kier alpha value is -1.62. The van der Waals surface area contributed by atoms with Gasteiger partial charge in [-0.1, -0.05) is 12.2 Å². The summed E-state index contributed by atoms with van der Waals surface area (Å²) in [6.45, 7) is 0. The van der Waals surface area contributed by atoms with Gasteiger partial charge in [0.1, 0.15) is 0 Å². The lowest BCUT2D eigenvalue weighted by Crippen LogP contribution is -2.19. The van der Waals surface area contributed by atoms with E-state index in [1.807, 2.05) is 11.7 Å². The molecule has 2 rings (SSSR count). The summed E-state index contributed by atoms with van der Waals surface area (Å²) in [5.41, 5.74) is 2.48. The summed E-state index contributed by atoms with van der Waals surface area (Å²) in [5, 5.41) is 0. The number of hydrogen-bond donors (Lipinski definition) is 1. The standard InChI is InChI=1S/C8H7NO4/c10-7-5-3-1-2-4-6(5)8(11)13-9-12-7/h1,3,9H,2,4H2. The first-order valence-electron chi connectivity index (χ1n) is 3.86. The summed E-state index contributed by atoms with van der Waals surface area (Å²) in [4.78, 5) is 31.2. The van der Waals surface area contributed by atoms with Crippen molar-refractivity contribution in [3.8, 4) is 0 Å². The molecule has 0 saturated carbocycles. The fourth-order valence-electron chi connectivity index (χ4n) is 1.28. The number of hydrogen-bond acceptors (Lipinski definition) is 5. The molecule has 1 aliphatic carbocycles. The molecule has 0 radical (unpaired) electrons. The molecule has 68 valence electrons. The Labute approximate surface area is 73.9 Å². The molecule has 13 heavy (non-hydrogen) atoms. The first-order valence-corrected chi connectivity index (χ1v) is 3.86. The second kappa shape index (κ2) is 3.02. The van der Waals surface area contributed by atoms with E-state index in [1.54, 1.807) is 6.08 Å². The van der Waals surface area contributed by atoms with E-state index in [0.29, 0.717) is 12.0 Å². The highest BCUT2D eigenvalue weighted by Gasteiger charge is 2.26. The average molecular weight is 181 g/mol. The maximum absolute atomic E-state index is 11.2. The van der Waals surface area contributed by atoms with Crippen molar-refractivity contribution in [2.75, 3.05) is 0 Å². The fraction of sp³-hybridized carbons (Fsp3) is 0.250. The van der Waals surface area contributed by atoms with E-state index in [0.717, 1.165) is 6.42 Å². The molecule has 0 aromatic heterocycles. The Morgan fingerprint density at radius 1 is 1.23 bits per heavy atom. The van der Waals surface area contributed by atoms with Gasteiger partial charge in [-0.3, -0.25) is 0 Å². The molecular formula is C8H7NO4. The van der Waals surface area contributed by atoms with Crippen LogP contribution in [0.4, 0.5) is 0 Å². The van der Waals surface area contributed by atoms with E-state index < -0.39 is 11.9 Å². The Bertz CT molecular complexity index is 329. The molecule has 0 saturated heterocycles. The highest BCUT2D eigenvalue weighted by molar-refractivity contribution is 6.03. The van der Waals surface area contributed by atoms with Crippen molar-refractivity contribution in [1.82, 2.24) is 5.64 Å². The highest BCUT2D eigenvalue weighted by atomic mass is 16.9. The maximum Gasteiger partial charge on any atom is 0.360 e. The van der Waals surface area contributed by atoms with Crippen LogP contribution in [0.3, 0.4) is 0 Å². The molecule has 0 fully saturated rings. The minimum absolute atomic E-state index is 0.279. The van der Waals surface area contributed by atoms with Gasteiger partial charge in [-0.15, -0.1) is 0 Å². The molecule has 0 aromatic rings. The van der Waals surface area contributed by atoms with Gasteiger partial charge in [-0.25, -0.2) is 9.59 Å². The Balaban J connectivity index is 2.44. The molecule has 1 aliphatic heterocycles. The van der Waals surface area contributed by atoms with E-state index in [2.05, 4.69) is 9.68 Å². The Kier molecular flexibility index (Phi) is 1.86. The average Bonchev–Trinajstić information content (AvgIpc) is 2.29. The van der Waals surface area contributed by atoms with Crippen LogP contribution in [-0.2, 0) is 19.3 Å². The SMILES string of the molecule is O=C1ONOC(=O)C2=C1C=CCC2. The van der Waals surface area contributed by atoms with Gasteiger partial charge in [0.25, 0.3) is 0 Å². The van der Waals surface area contributed by atoms with Crippen molar-refractivity contribution in [2.24, 2.45) is 0 Å². The molecule has 0 bridgehead atoms. The number of allylic oxidation sites excluding steroid dienone is 1. The summed E-state index contributed by atoms with van der Waals surface area (Å²) in [6, 6.07) is 0. The molecule has 0 unspecified atom stereocenters. The van der Waals surface area contributed by atoms with Gasteiger partial charge in [-0.2, -0.15) is 0 Å². The lowest BCUT2D eigenvalue weighted by atomic mass is 9.98. The monoisotopic (exact) mass is 181 g/mol. The molecular weight excluding hydrogens is 174 g/mol. The van der Waals surface area contributed by atoms with E-state index in [9.17, 15) is 9.59 Å². The predicted octanol–water partition coefficient (Wildman–Crippen LogP) is 0.153. The van der Waals surface area contributed by atoms with Crippen molar-refractivity contribution in [3.05, 3.63) is 23.3 Å². The number of carbonyl (C=O) groups excluding carboxylic acids is 2. The number of nitrogens with one attached hydrogen (secondary N) is 1.